The maximum atomic E-state index is 10.2. The summed E-state index contributed by atoms with van der Waals surface area (Å²) in [5, 5.41) is 0. The van der Waals surface area contributed by atoms with E-state index in [0.29, 0.717) is 0 Å². The minimum absolute atomic E-state index is 0.466. The molecule has 0 N–H and O–H groups in total. The molecule has 0 bridgehead atoms. The van der Waals surface area contributed by atoms with Gasteiger partial charge in [-0.2, -0.15) is 9.98 Å². The van der Waals surface area contributed by atoms with Gasteiger partial charge in [0.15, 0.2) is 0 Å². The summed E-state index contributed by atoms with van der Waals surface area (Å²) in [7, 11) is 0. The molecule has 1 aliphatic carbocycles. The third-order valence-electron chi connectivity index (χ3n) is 2.18. The summed E-state index contributed by atoms with van der Waals surface area (Å²) in [6.07, 6.45) is 8.30. The van der Waals surface area contributed by atoms with Crippen LogP contribution in [-0.2, 0) is 9.59 Å². The first-order chi connectivity index (χ1) is 6.62. The molecule has 1 rings (SSSR count). The van der Waals surface area contributed by atoms with Crippen LogP contribution in [0.25, 0.3) is 0 Å². The second-order valence-corrected chi connectivity index (χ2v) is 3.34. The van der Waals surface area contributed by atoms with Crippen molar-refractivity contribution in [2.45, 2.75) is 25.4 Å². The fourth-order valence-corrected chi connectivity index (χ4v) is 1.30. The zero-order valence-corrected chi connectivity index (χ0v) is 8.02. The number of isocyanates is 2. The highest BCUT2D eigenvalue weighted by molar-refractivity contribution is 5.44. The third-order valence-corrected chi connectivity index (χ3v) is 2.18. The number of nitrogens with zero attached hydrogens (tertiary/aromatic N) is 2. The lowest BCUT2D eigenvalue weighted by molar-refractivity contribution is 0.493. The zero-order valence-electron chi connectivity index (χ0n) is 8.02. The van der Waals surface area contributed by atoms with Crippen LogP contribution in [0.2, 0.25) is 0 Å². The Morgan fingerprint density at radius 3 is 2.71 bits per heavy atom. The SMILES string of the molecule is CC1=CC(N=C=O)C(C)(N=C=O)C=C1. The lowest BCUT2D eigenvalue weighted by Gasteiger charge is -2.26. The Hall–Kier alpha value is -1.76. The van der Waals surface area contributed by atoms with Gasteiger partial charge in [-0.3, -0.25) is 0 Å². The summed E-state index contributed by atoms with van der Waals surface area (Å²) >= 11 is 0. The van der Waals surface area contributed by atoms with E-state index in [1.807, 2.05) is 13.0 Å². The predicted molar refractivity (Wildman–Crippen MR) is 51.3 cm³/mol. The van der Waals surface area contributed by atoms with Crippen LogP contribution in [0.15, 0.2) is 33.8 Å². The number of hydrogen-bond acceptors (Lipinski definition) is 4. The summed E-state index contributed by atoms with van der Waals surface area (Å²) in [5.74, 6) is 0. The monoisotopic (exact) mass is 190 g/mol. The first kappa shape index (κ1) is 10.3. The van der Waals surface area contributed by atoms with Gasteiger partial charge in [-0.25, -0.2) is 9.59 Å². The highest BCUT2D eigenvalue weighted by Gasteiger charge is 2.32. The van der Waals surface area contributed by atoms with E-state index in [1.165, 1.54) is 12.2 Å². The number of hydrogen-bond donors (Lipinski definition) is 0. The van der Waals surface area contributed by atoms with E-state index in [1.54, 1.807) is 19.1 Å². The van der Waals surface area contributed by atoms with E-state index in [-0.39, 0.29) is 0 Å². The van der Waals surface area contributed by atoms with Crippen molar-refractivity contribution >= 4 is 12.2 Å². The second-order valence-electron chi connectivity index (χ2n) is 3.34. The highest BCUT2D eigenvalue weighted by atomic mass is 16.1. The molecule has 0 spiro atoms. The van der Waals surface area contributed by atoms with Gasteiger partial charge in [0.2, 0.25) is 12.2 Å². The van der Waals surface area contributed by atoms with Crippen molar-refractivity contribution < 1.29 is 9.59 Å². The Morgan fingerprint density at radius 2 is 2.14 bits per heavy atom. The van der Waals surface area contributed by atoms with E-state index in [2.05, 4.69) is 9.98 Å². The predicted octanol–water partition coefficient (Wildman–Crippen LogP) is 1.30. The van der Waals surface area contributed by atoms with Crippen molar-refractivity contribution in [3.05, 3.63) is 23.8 Å². The molecule has 0 radical (unpaired) electrons. The molecule has 0 fully saturated rings. The first-order valence-corrected chi connectivity index (χ1v) is 4.16. The van der Waals surface area contributed by atoms with E-state index in [9.17, 15) is 9.59 Å². The Kier molecular flexibility index (Phi) is 2.92. The molecule has 14 heavy (non-hydrogen) atoms. The van der Waals surface area contributed by atoms with Gasteiger partial charge in [-0.05, 0) is 13.8 Å². The number of carbonyl (C=O) groups excluding carboxylic acids is 2. The zero-order chi connectivity index (χ0) is 10.6. The van der Waals surface area contributed by atoms with Crippen LogP contribution in [0.4, 0.5) is 0 Å². The third kappa shape index (κ3) is 1.94. The minimum Gasteiger partial charge on any atom is -0.211 e. The fourth-order valence-electron chi connectivity index (χ4n) is 1.30. The van der Waals surface area contributed by atoms with Crippen LogP contribution in [0.1, 0.15) is 13.8 Å². The number of allylic oxidation sites excluding steroid dienone is 2. The summed E-state index contributed by atoms with van der Waals surface area (Å²) in [6.45, 7) is 3.59. The maximum Gasteiger partial charge on any atom is 0.235 e. The molecule has 4 heteroatoms. The van der Waals surface area contributed by atoms with Crippen LogP contribution in [-0.4, -0.2) is 23.7 Å². The molecule has 72 valence electrons. The van der Waals surface area contributed by atoms with Crippen molar-refractivity contribution in [2.75, 3.05) is 0 Å². The van der Waals surface area contributed by atoms with E-state index >= 15 is 0 Å². The molecular formula is C10H10N2O2. The lowest BCUT2D eigenvalue weighted by atomic mass is 9.87. The number of rotatable bonds is 2. The minimum atomic E-state index is -0.807. The van der Waals surface area contributed by atoms with Gasteiger partial charge >= 0.3 is 0 Å². The van der Waals surface area contributed by atoms with Crippen LogP contribution < -0.4 is 0 Å². The summed E-state index contributed by atoms with van der Waals surface area (Å²) < 4.78 is 0. The molecule has 4 nitrogen and oxygen atoms in total. The molecule has 0 heterocycles. The Labute approximate surface area is 81.8 Å². The first-order valence-electron chi connectivity index (χ1n) is 4.16. The second kappa shape index (κ2) is 3.97. The van der Waals surface area contributed by atoms with E-state index in [0.717, 1.165) is 5.57 Å². The van der Waals surface area contributed by atoms with Gasteiger partial charge in [-0.15, -0.1) is 0 Å². The molecule has 0 aromatic carbocycles. The van der Waals surface area contributed by atoms with E-state index in [4.69, 9.17) is 0 Å². The average molecular weight is 190 g/mol. The van der Waals surface area contributed by atoms with Gasteiger partial charge < -0.3 is 0 Å². The summed E-state index contributed by atoms with van der Waals surface area (Å²) in [5.41, 5.74) is 0.172. The molecule has 0 saturated carbocycles. The van der Waals surface area contributed by atoms with Gasteiger partial charge in [0.05, 0.1) is 0 Å². The quantitative estimate of drug-likeness (QED) is 0.486. The van der Waals surface area contributed by atoms with Gasteiger partial charge in [0, 0.05) is 0 Å². The summed E-state index contributed by atoms with van der Waals surface area (Å²) in [6, 6.07) is -0.466. The molecule has 0 saturated heterocycles. The molecule has 0 aliphatic heterocycles. The number of aliphatic imine (C=N–C) groups is 2. The van der Waals surface area contributed by atoms with Crippen LogP contribution >= 0.6 is 0 Å². The molecule has 0 amide bonds. The lowest BCUT2D eigenvalue weighted by Crippen LogP contribution is -2.34. The van der Waals surface area contributed by atoms with Gasteiger partial charge in [-0.1, -0.05) is 23.8 Å². The summed E-state index contributed by atoms with van der Waals surface area (Å²) in [4.78, 5) is 27.7. The van der Waals surface area contributed by atoms with Gasteiger partial charge in [0.1, 0.15) is 11.6 Å². The van der Waals surface area contributed by atoms with Gasteiger partial charge in [0.25, 0.3) is 0 Å². The van der Waals surface area contributed by atoms with E-state index < -0.39 is 11.6 Å². The fraction of sp³-hybridized carbons (Fsp3) is 0.400. The molecule has 1 aliphatic rings. The molecule has 0 aromatic heterocycles. The van der Waals surface area contributed by atoms with Crippen molar-refractivity contribution in [3.8, 4) is 0 Å². The normalized spacial score (nSPS) is 29.9. The van der Waals surface area contributed by atoms with Crippen LogP contribution in [0, 0.1) is 0 Å². The van der Waals surface area contributed by atoms with Crippen molar-refractivity contribution in [1.29, 1.82) is 0 Å². The Morgan fingerprint density at radius 1 is 1.43 bits per heavy atom. The maximum absolute atomic E-state index is 10.2. The van der Waals surface area contributed by atoms with Crippen LogP contribution in [0.5, 0.6) is 0 Å². The van der Waals surface area contributed by atoms with Crippen molar-refractivity contribution in [1.82, 2.24) is 0 Å². The largest absolute Gasteiger partial charge is 0.235 e. The Bertz CT molecular complexity index is 385. The van der Waals surface area contributed by atoms with Crippen LogP contribution in [0.3, 0.4) is 0 Å². The highest BCUT2D eigenvalue weighted by Crippen LogP contribution is 2.26. The molecule has 2 unspecified atom stereocenters. The smallest absolute Gasteiger partial charge is 0.211 e. The topological polar surface area (TPSA) is 58.9 Å². The molecule has 2 atom stereocenters. The average Bonchev–Trinajstić information content (AvgIpc) is 2.13. The molecule has 0 aromatic rings. The van der Waals surface area contributed by atoms with Crippen molar-refractivity contribution in [2.24, 2.45) is 9.98 Å². The Balaban J connectivity index is 3.14. The van der Waals surface area contributed by atoms with Crippen molar-refractivity contribution in [3.63, 3.8) is 0 Å². The standard InChI is InChI=1S/C10H10N2O2/c1-8-3-4-10(2,12-7-14)9(5-8)11-6-13/h3-5,9H,1-2H3. The molecular weight excluding hydrogens is 180 g/mol.